The van der Waals surface area contributed by atoms with Crippen LogP contribution in [0, 0.1) is 11.3 Å². The van der Waals surface area contributed by atoms with Crippen molar-refractivity contribution >= 4 is 15.9 Å². The smallest absolute Gasteiger partial charge is 0.317 e. The van der Waals surface area contributed by atoms with Crippen molar-refractivity contribution in [3.8, 4) is 6.07 Å². The molecule has 2 aliphatic rings. The van der Waals surface area contributed by atoms with Gasteiger partial charge in [0.05, 0.1) is 42.1 Å². The van der Waals surface area contributed by atoms with Gasteiger partial charge < -0.3 is 19.7 Å². The molecule has 2 aliphatic heterocycles. The van der Waals surface area contributed by atoms with Gasteiger partial charge in [-0.25, -0.2) is 13.2 Å². The van der Waals surface area contributed by atoms with Crippen LogP contribution in [0.4, 0.5) is 4.79 Å². The van der Waals surface area contributed by atoms with E-state index in [1.165, 1.54) is 24.3 Å². The monoisotopic (exact) mass is 464 g/mol. The molecule has 1 aromatic carbocycles. The average Bonchev–Trinajstić information content (AvgIpc) is 3.02. The maximum atomic E-state index is 12.6. The van der Waals surface area contributed by atoms with Crippen molar-refractivity contribution in [1.82, 2.24) is 15.1 Å². The highest BCUT2D eigenvalue weighted by molar-refractivity contribution is 7.91. The number of nitrogens with one attached hydrogen (secondary N) is 1. The predicted octanol–water partition coefficient (Wildman–Crippen LogP) is 1.24. The molecular weight excluding hydrogens is 432 g/mol. The zero-order valence-electron chi connectivity index (χ0n) is 18.5. The lowest BCUT2D eigenvalue weighted by Gasteiger charge is -2.41. The Morgan fingerprint density at radius 1 is 1.16 bits per heavy atom. The topological polar surface area (TPSA) is 112 Å². The van der Waals surface area contributed by atoms with Gasteiger partial charge in [0.2, 0.25) is 0 Å². The Kier molecular flexibility index (Phi) is 8.87. The molecule has 1 N–H and O–H groups in total. The van der Waals surface area contributed by atoms with Crippen molar-refractivity contribution < 1.29 is 22.7 Å². The van der Waals surface area contributed by atoms with Crippen LogP contribution in [0.2, 0.25) is 0 Å². The molecule has 176 valence electrons. The first-order chi connectivity index (χ1) is 15.4. The van der Waals surface area contributed by atoms with Gasteiger partial charge in [-0.15, -0.1) is 0 Å². The number of carbonyl (C=O) groups excluding carboxylic acids is 1. The Labute approximate surface area is 190 Å². The summed E-state index contributed by atoms with van der Waals surface area (Å²) in [5.41, 5.74) is 0.445. The third-order valence-corrected chi connectivity index (χ3v) is 7.86. The molecule has 0 spiro atoms. The van der Waals surface area contributed by atoms with E-state index >= 15 is 0 Å². The molecular formula is C22H32N4O5S. The Morgan fingerprint density at radius 2 is 1.84 bits per heavy atom. The molecule has 3 rings (SSSR count). The number of hydrogen-bond acceptors (Lipinski definition) is 7. The van der Waals surface area contributed by atoms with Crippen molar-refractivity contribution in [1.29, 1.82) is 5.26 Å². The summed E-state index contributed by atoms with van der Waals surface area (Å²) in [6.45, 7) is 3.99. The molecule has 32 heavy (non-hydrogen) atoms. The summed E-state index contributed by atoms with van der Waals surface area (Å²) >= 11 is 0. The fourth-order valence-corrected chi connectivity index (χ4v) is 5.69. The minimum absolute atomic E-state index is 0.0692. The number of hydrogen-bond donors (Lipinski definition) is 1. The summed E-state index contributed by atoms with van der Waals surface area (Å²) in [5.74, 6) is 0.0715. The molecule has 0 radical (unpaired) electrons. The number of likely N-dealkylation sites (tertiary alicyclic amines) is 1. The average molecular weight is 465 g/mol. The van der Waals surface area contributed by atoms with E-state index in [-0.39, 0.29) is 28.8 Å². The number of urea groups is 1. The number of methoxy groups -OCH3 is 1. The van der Waals surface area contributed by atoms with Crippen LogP contribution >= 0.6 is 0 Å². The van der Waals surface area contributed by atoms with Crippen molar-refractivity contribution in [2.24, 2.45) is 0 Å². The van der Waals surface area contributed by atoms with Crippen LogP contribution in [0.1, 0.15) is 24.8 Å². The van der Waals surface area contributed by atoms with Gasteiger partial charge in [0.25, 0.3) is 0 Å². The molecule has 2 bridgehead atoms. The summed E-state index contributed by atoms with van der Waals surface area (Å²) in [5, 5.41) is 11.8. The number of sulfone groups is 1. The molecule has 2 atom stereocenters. The summed E-state index contributed by atoms with van der Waals surface area (Å²) in [7, 11) is -1.76. The molecule has 2 heterocycles. The first-order valence-electron chi connectivity index (χ1n) is 11.0. The second kappa shape index (κ2) is 11.6. The third-order valence-electron chi connectivity index (χ3n) is 6.05. The second-order valence-corrected chi connectivity index (χ2v) is 10.3. The highest BCUT2D eigenvalue weighted by Gasteiger charge is 2.40. The summed E-state index contributed by atoms with van der Waals surface area (Å²) in [6.07, 6.45) is 2.59. The number of piperazine rings is 1. The van der Waals surface area contributed by atoms with Crippen molar-refractivity contribution in [3.05, 3.63) is 29.8 Å². The third kappa shape index (κ3) is 6.42. The Bertz CT molecular complexity index is 886. The maximum absolute atomic E-state index is 12.6. The van der Waals surface area contributed by atoms with Crippen molar-refractivity contribution in [2.45, 2.75) is 36.2 Å². The largest absolute Gasteiger partial charge is 0.382 e. The van der Waals surface area contributed by atoms with E-state index in [1.54, 1.807) is 7.11 Å². The van der Waals surface area contributed by atoms with Crippen LogP contribution in [-0.2, 0) is 19.3 Å². The quantitative estimate of drug-likeness (QED) is 0.491. The van der Waals surface area contributed by atoms with Crippen LogP contribution in [-0.4, -0.2) is 95.2 Å². The molecule has 0 aromatic heterocycles. The number of ether oxygens (including phenoxy) is 2. The molecule has 2 unspecified atom stereocenters. The zero-order valence-corrected chi connectivity index (χ0v) is 19.3. The number of benzene rings is 1. The number of nitriles is 1. The molecule has 2 saturated heterocycles. The maximum Gasteiger partial charge on any atom is 0.317 e. The summed E-state index contributed by atoms with van der Waals surface area (Å²) < 4.78 is 35.5. The van der Waals surface area contributed by atoms with E-state index in [0.29, 0.717) is 58.0 Å². The Morgan fingerprint density at radius 3 is 2.47 bits per heavy atom. The van der Waals surface area contributed by atoms with Crippen LogP contribution in [0.25, 0.3) is 0 Å². The minimum atomic E-state index is -3.37. The van der Waals surface area contributed by atoms with Gasteiger partial charge >= 0.3 is 6.03 Å². The molecule has 2 fully saturated rings. The van der Waals surface area contributed by atoms with E-state index in [0.717, 1.165) is 12.8 Å². The lowest BCUT2D eigenvalue weighted by atomic mass is 10.2. The van der Waals surface area contributed by atoms with Gasteiger partial charge in [0.15, 0.2) is 9.84 Å². The van der Waals surface area contributed by atoms with Crippen LogP contribution in [0.3, 0.4) is 0 Å². The van der Waals surface area contributed by atoms with Crippen LogP contribution in [0.15, 0.2) is 29.2 Å². The van der Waals surface area contributed by atoms with E-state index in [2.05, 4.69) is 10.2 Å². The summed E-state index contributed by atoms with van der Waals surface area (Å²) in [4.78, 5) is 17.0. The Hall–Kier alpha value is -2.19. The van der Waals surface area contributed by atoms with E-state index in [1.807, 2.05) is 11.0 Å². The first kappa shape index (κ1) is 24.5. The molecule has 0 saturated carbocycles. The highest BCUT2D eigenvalue weighted by atomic mass is 32.2. The minimum Gasteiger partial charge on any atom is -0.382 e. The van der Waals surface area contributed by atoms with Crippen LogP contribution in [0.5, 0.6) is 0 Å². The number of nitrogens with zero attached hydrogens (tertiary/aromatic N) is 3. The standard InChI is InChI=1S/C22H32N4O5S/c1-30-12-13-31-11-9-24-22(27)25-16-19-5-6-20(17-25)26(19)10-2-14-32(28,29)21-7-3-18(15-23)4-8-21/h3-4,7-8,19-20H,2,5-6,9-14,16-17H2,1H3,(H,24,27). The van der Waals surface area contributed by atoms with Gasteiger partial charge in [-0.2, -0.15) is 5.26 Å². The van der Waals surface area contributed by atoms with E-state index < -0.39 is 9.84 Å². The number of rotatable bonds is 11. The molecule has 9 nitrogen and oxygen atoms in total. The second-order valence-electron chi connectivity index (χ2n) is 8.17. The molecule has 2 amide bonds. The first-order valence-corrected chi connectivity index (χ1v) is 12.7. The number of fused-ring (bicyclic) bond motifs is 2. The number of carbonyl (C=O) groups is 1. The number of amides is 2. The fraction of sp³-hybridized carbons (Fsp3) is 0.636. The Balaban J connectivity index is 1.42. The highest BCUT2D eigenvalue weighted by Crippen LogP contribution is 2.30. The fourth-order valence-electron chi connectivity index (χ4n) is 4.40. The van der Waals surface area contributed by atoms with Gasteiger partial charge in [-0.3, -0.25) is 4.90 Å². The van der Waals surface area contributed by atoms with Gasteiger partial charge in [0.1, 0.15) is 0 Å². The van der Waals surface area contributed by atoms with E-state index in [4.69, 9.17) is 14.7 Å². The van der Waals surface area contributed by atoms with Gasteiger partial charge in [-0.05, 0) is 50.1 Å². The predicted molar refractivity (Wildman–Crippen MR) is 119 cm³/mol. The lowest BCUT2D eigenvalue weighted by molar-refractivity contribution is 0.0680. The van der Waals surface area contributed by atoms with Crippen LogP contribution < -0.4 is 5.32 Å². The summed E-state index contributed by atoms with van der Waals surface area (Å²) in [6, 6.07) is 8.53. The molecule has 0 aliphatic carbocycles. The van der Waals surface area contributed by atoms with Crippen molar-refractivity contribution in [3.63, 3.8) is 0 Å². The molecule has 10 heteroatoms. The van der Waals surface area contributed by atoms with E-state index in [9.17, 15) is 13.2 Å². The lowest BCUT2D eigenvalue weighted by Crippen LogP contribution is -2.57. The SMILES string of the molecule is COCCOCCNC(=O)N1CC2CCC(C1)N2CCCS(=O)(=O)c1ccc(C#N)cc1. The van der Waals surface area contributed by atoms with Crippen molar-refractivity contribution in [2.75, 3.05) is 58.9 Å². The van der Waals surface area contributed by atoms with Gasteiger partial charge in [-0.1, -0.05) is 0 Å². The molecule has 1 aromatic rings. The van der Waals surface area contributed by atoms with Gasteiger partial charge in [0, 0.05) is 38.8 Å². The normalized spacial score (nSPS) is 20.8. The zero-order chi connectivity index (χ0) is 23.0.